The molecule has 0 radical (unpaired) electrons. The highest BCUT2D eigenvalue weighted by molar-refractivity contribution is 5.56. The lowest BCUT2D eigenvalue weighted by atomic mass is 10.1. The Morgan fingerprint density at radius 2 is 1.81 bits per heavy atom. The summed E-state index contributed by atoms with van der Waals surface area (Å²) in [7, 11) is 0. The van der Waals surface area contributed by atoms with Crippen molar-refractivity contribution in [2.45, 2.75) is 31.4 Å². The van der Waals surface area contributed by atoms with Crippen molar-refractivity contribution in [3.8, 4) is 11.4 Å². The summed E-state index contributed by atoms with van der Waals surface area (Å²) in [4.78, 5) is 0. The van der Waals surface area contributed by atoms with Gasteiger partial charge in [-0.25, -0.2) is 4.39 Å². The third-order valence-electron chi connectivity index (χ3n) is 3.47. The van der Waals surface area contributed by atoms with Crippen LogP contribution >= 0.6 is 0 Å². The van der Waals surface area contributed by atoms with Gasteiger partial charge >= 0.3 is 6.18 Å². The molecule has 0 saturated heterocycles. The molecular weight excluding hydrogens is 288 g/mol. The standard InChI is InChI=1S/C13H12F4N4/c14-9-5-10(18)12-20-19-11(21(12)6-9)7-1-3-8(4-2-7)13(15,16)17/h1-4,9-10H,5-6,18H2. The average molecular weight is 300 g/mol. The van der Waals surface area contributed by atoms with E-state index in [-0.39, 0.29) is 13.0 Å². The molecule has 3 rings (SSSR count). The summed E-state index contributed by atoms with van der Waals surface area (Å²) in [6, 6.07) is 3.98. The number of rotatable bonds is 1. The van der Waals surface area contributed by atoms with Gasteiger partial charge in [-0.2, -0.15) is 13.2 Å². The van der Waals surface area contributed by atoms with Crippen molar-refractivity contribution in [1.82, 2.24) is 14.8 Å². The van der Waals surface area contributed by atoms with Crippen LogP contribution in [0.1, 0.15) is 23.9 Å². The maximum atomic E-state index is 13.6. The number of halogens is 4. The first-order chi connectivity index (χ1) is 9.86. The fourth-order valence-corrected chi connectivity index (χ4v) is 2.44. The van der Waals surface area contributed by atoms with Gasteiger partial charge in [0.15, 0.2) is 5.82 Å². The molecule has 2 unspecified atom stereocenters. The van der Waals surface area contributed by atoms with Crippen LogP contribution in [0.25, 0.3) is 11.4 Å². The molecule has 2 aromatic rings. The van der Waals surface area contributed by atoms with Crippen LogP contribution in [-0.2, 0) is 12.7 Å². The lowest BCUT2D eigenvalue weighted by Gasteiger charge is -2.23. The minimum Gasteiger partial charge on any atom is -0.321 e. The Hall–Kier alpha value is -1.96. The van der Waals surface area contributed by atoms with Crippen LogP contribution in [0.15, 0.2) is 24.3 Å². The Labute approximate surface area is 117 Å². The van der Waals surface area contributed by atoms with Crippen molar-refractivity contribution in [2.75, 3.05) is 0 Å². The highest BCUT2D eigenvalue weighted by Crippen LogP contribution is 2.32. The molecular formula is C13H12F4N4. The highest BCUT2D eigenvalue weighted by Gasteiger charge is 2.31. The van der Waals surface area contributed by atoms with E-state index >= 15 is 0 Å². The molecule has 8 heteroatoms. The van der Waals surface area contributed by atoms with E-state index in [0.717, 1.165) is 12.1 Å². The summed E-state index contributed by atoms with van der Waals surface area (Å²) >= 11 is 0. The lowest BCUT2D eigenvalue weighted by Crippen LogP contribution is -2.29. The molecule has 4 nitrogen and oxygen atoms in total. The molecule has 1 aromatic carbocycles. The zero-order valence-corrected chi connectivity index (χ0v) is 10.8. The van der Waals surface area contributed by atoms with Crippen molar-refractivity contribution in [3.05, 3.63) is 35.7 Å². The van der Waals surface area contributed by atoms with Gasteiger partial charge in [-0.05, 0) is 12.1 Å². The van der Waals surface area contributed by atoms with Gasteiger partial charge in [0.1, 0.15) is 12.0 Å². The number of aromatic nitrogens is 3. The fourth-order valence-electron chi connectivity index (χ4n) is 2.44. The van der Waals surface area contributed by atoms with E-state index in [0.29, 0.717) is 17.2 Å². The zero-order valence-electron chi connectivity index (χ0n) is 10.8. The second-order valence-electron chi connectivity index (χ2n) is 5.01. The smallest absolute Gasteiger partial charge is 0.321 e. The van der Waals surface area contributed by atoms with Crippen molar-refractivity contribution in [1.29, 1.82) is 0 Å². The Morgan fingerprint density at radius 3 is 2.43 bits per heavy atom. The number of alkyl halides is 4. The molecule has 0 saturated carbocycles. The quantitative estimate of drug-likeness (QED) is 0.824. The van der Waals surface area contributed by atoms with Gasteiger partial charge in [-0.1, -0.05) is 12.1 Å². The van der Waals surface area contributed by atoms with E-state index in [1.54, 1.807) is 0 Å². The number of nitrogens with two attached hydrogens (primary N) is 1. The van der Waals surface area contributed by atoms with E-state index in [1.165, 1.54) is 16.7 Å². The molecule has 0 aliphatic carbocycles. The summed E-state index contributed by atoms with van der Waals surface area (Å²) < 4.78 is 52.7. The maximum Gasteiger partial charge on any atom is 0.416 e. The van der Waals surface area contributed by atoms with Crippen LogP contribution in [0.3, 0.4) is 0 Å². The number of nitrogens with zero attached hydrogens (tertiary/aromatic N) is 3. The molecule has 2 atom stereocenters. The van der Waals surface area contributed by atoms with Gasteiger partial charge in [-0.15, -0.1) is 10.2 Å². The molecule has 0 fully saturated rings. The second kappa shape index (κ2) is 4.80. The van der Waals surface area contributed by atoms with Gasteiger partial charge in [0.25, 0.3) is 0 Å². The normalized spacial score (nSPS) is 22.1. The number of hydrogen-bond acceptors (Lipinski definition) is 3. The first-order valence-electron chi connectivity index (χ1n) is 6.36. The SMILES string of the molecule is NC1CC(F)Cn2c(-c3ccc(C(F)(F)F)cc3)nnc21. The van der Waals surface area contributed by atoms with E-state index < -0.39 is 24.0 Å². The van der Waals surface area contributed by atoms with Crippen molar-refractivity contribution in [3.63, 3.8) is 0 Å². The molecule has 0 bridgehead atoms. The lowest BCUT2D eigenvalue weighted by molar-refractivity contribution is -0.137. The third-order valence-corrected chi connectivity index (χ3v) is 3.47. The number of benzene rings is 1. The van der Waals surface area contributed by atoms with E-state index in [4.69, 9.17) is 5.73 Å². The Kier molecular flexibility index (Phi) is 3.20. The molecule has 1 aliphatic rings. The van der Waals surface area contributed by atoms with E-state index in [1.807, 2.05) is 0 Å². The minimum atomic E-state index is -4.39. The maximum absolute atomic E-state index is 13.6. The monoisotopic (exact) mass is 300 g/mol. The molecule has 21 heavy (non-hydrogen) atoms. The first-order valence-corrected chi connectivity index (χ1v) is 6.36. The minimum absolute atomic E-state index is 0.0619. The molecule has 0 spiro atoms. The van der Waals surface area contributed by atoms with Crippen LogP contribution in [0, 0.1) is 0 Å². The summed E-state index contributed by atoms with van der Waals surface area (Å²) in [6.45, 7) is 0.0619. The van der Waals surface area contributed by atoms with Crippen molar-refractivity contribution >= 4 is 0 Å². The van der Waals surface area contributed by atoms with Crippen LogP contribution in [0.2, 0.25) is 0 Å². The largest absolute Gasteiger partial charge is 0.416 e. The molecule has 1 aliphatic heterocycles. The summed E-state index contributed by atoms with van der Waals surface area (Å²) in [5, 5.41) is 7.85. The predicted octanol–water partition coefficient (Wildman–Crippen LogP) is 2.71. The number of fused-ring (bicyclic) bond motifs is 1. The van der Waals surface area contributed by atoms with Gasteiger partial charge in [0.2, 0.25) is 0 Å². The molecule has 112 valence electrons. The van der Waals surface area contributed by atoms with Crippen LogP contribution < -0.4 is 5.73 Å². The van der Waals surface area contributed by atoms with Gasteiger partial charge < -0.3 is 10.3 Å². The van der Waals surface area contributed by atoms with Gasteiger partial charge in [0.05, 0.1) is 18.2 Å². The Bertz CT molecular complexity index is 647. The predicted molar refractivity (Wildman–Crippen MR) is 66.9 cm³/mol. The molecule has 1 aromatic heterocycles. The van der Waals surface area contributed by atoms with Crippen LogP contribution in [0.5, 0.6) is 0 Å². The van der Waals surface area contributed by atoms with Crippen molar-refractivity contribution in [2.24, 2.45) is 5.73 Å². The summed E-state index contributed by atoms with van der Waals surface area (Å²) in [6.07, 6.45) is -5.34. The van der Waals surface area contributed by atoms with Crippen LogP contribution in [-0.4, -0.2) is 20.9 Å². The van der Waals surface area contributed by atoms with Gasteiger partial charge in [0, 0.05) is 12.0 Å². The number of hydrogen-bond donors (Lipinski definition) is 1. The topological polar surface area (TPSA) is 56.7 Å². The average Bonchev–Trinajstić information content (AvgIpc) is 2.82. The van der Waals surface area contributed by atoms with E-state index in [9.17, 15) is 17.6 Å². The molecule has 2 heterocycles. The van der Waals surface area contributed by atoms with Gasteiger partial charge in [-0.3, -0.25) is 0 Å². The van der Waals surface area contributed by atoms with E-state index in [2.05, 4.69) is 10.2 Å². The first kappa shape index (κ1) is 14.0. The second-order valence-corrected chi connectivity index (χ2v) is 5.01. The summed E-state index contributed by atoms with van der Waals surface area (Å²) in [5.41, 5.74) is 5.50. The van der Waals surface area contributed by atoms with Crippen molar-refractivity contribution < 1.29 is 17.6 Å². The fraction of sp³-hybridized carbons (Fsp3) is 0.385. The molecule has 2 N–H and O–H groups in total. The highest BCUT2D eigenvalue weighted by atomic mass is 19.4. The Balaban J connectivity index is 1.99. The van der Waals surface area contributed by atoms with Crippen LogP contribution in [0.4, 0.5) is 17.6 Å². The zero-order chi connectivity index (χ0) is 15.2. The third kappa shape index (κ3) is 2.51. The Morgan fingerprint density at radius 1 is 1.14 bits per heavy atom. The summed E-state index contributed by atoms with van der Waals surface area (Å²) in [5.74, 6) is 0.787. The molecule has 0 amide bonds.